The summed E-state index contributed by atoms with van der Waals surface area (Å²) in [6.45, 7) is 0. The molecule has 1 N–H and O–H groups in total. The predicted octanol–water partition coefficient (Wildman–Crippen LogP) is -0.229. The average molecular weight is 304 g/mol. The van der Waals surface area contributed by atoms with Crippen molar-refractivity contribution < 1.29 is 18.0 Å². The minimum absolute atomic E-state index is 0.00683. The fourth-order valence-electron chi connectivity index (χ4n) is 1.66. The molecule has 2 heterocycles. The molecule has 1 unspecified atom stereocenters. The van der Waals surface area contributed by atoms with Crippen LogP contribution in [0.1, 0.15) is 6.42 Å². The van der Waals surface area contributed by atoms with Gasteiger partial charge in [-0.2, -0.15) is 4.72 Å². The van der Waals surface area contributed by atoms with Crippen molar-refractivity contribution in [1.29, 1.82) is 0 Å². The number of carbonyl (C=O) groups is 2. The van der Waals surface area contributed by atoms with Crippen LogP contribution in [-0.2, 0) is 19.6 Å². The second-order valence-electron chi connectivity index (χ2n) is 3.98. The summed E-state index contributed by atoms with van der Waals surface area (Å²) in [7, 11) is -2.70. The Labute approximate surface area is 114 Å². The summed E-state index contributed by atoms with van der Waals surface area (Å²) in [5.41, 5.74) is 0. The van der Waals surface area contributed by atoms with Crippen LogP contribution in [0.2, 0.25) is 5.02 Å². The van der Waals surface area contributed by atoms with Gasteiger partial charge in [-0.25, -0.2) is 8.42 Å². The van der Waals surface area contributed by atoms with Gasteiger partial charge in [-0.05, 0) is 6.07 Å². The van der Waals surface area contributed by atoms with E-state index in [-0.39, 0.29) is 16.3 Å². The van der Waals surface area contributed by atoms with Gasteiger partial charge in [0.2, 0.25) is 21.8 Å². The van der Waals surface area contributed by atoms with E-state index < -0.39 is 27.9 Å². The largest absolute Gasteiger partial charge is 0.284 e. The van der Waals surface area contributed by atoms with E-state index in [2.05, 4.69) is 9.71 Å². The fraction of sp³-hybridized carbons (Fsp3) is 0.300. The maximum atomic E-state index is 12.1. The number of carbonyl (C=O) groups excluding carboxylic acids is 2. The molecule has 1 aromatic heterocycles. The van der Waals surface area contributed by atoms with Gasteiger partial charge in [0.05, 0.1) is 11.4 Å². The zero-order chi connectivity index (χ0) is 14.2. The molecule has 1 aromatic rings. The zero-order valence-corrected chi connectivity index (χ0v) is 11.4. The summed E-state index contributed by atoms with van der Waals surface area (Å²) in [6.07, 6.45) is 2.22. The van der Waals surface area contributed by atoms with Crippen molar-refractivity contribution in [3.8, 4) is 0 Å². The number of hydrogen-bond acceptors (Lipinski definition) is 5. The van der Waals surface area contributed by atoms with E-state index in [1.807, 2.05) is 0 Å². The maximum Gasteiger partial charge on any atom is 0.247 e. The number of imide groups is 1. The lowest BCUT2D eigenvalue weighted by atomic mass is 10.3. The molecule has 19 heavy (non-hydrogen) atoms. The summed E-state index contributed by atoms with van der Waals surface area (Å²) in [6, 6.07) is 0.225. The molecular formula is C10H10ClN3O4S. The molecule has 9 heteroatoms. The van der Waals surface area contributed by atoms with E-state index in [4.69, 9.17) is 11.6 Å². The van der Waals surface area contributed by atoms with Crippen molar-refractivity contribution in [2.75, 3.05) is 7.05 Å². The van der Waals surface area contributed by atoms with E-state index in [0.717, 1.165) is 11.1 Å². The second kappa shape index (κ2) is 4.87. The molecule has 2 rings (SSSR count). The molecule has 0 saturated carbocycles. The highest BCUT2D eigenvalue weighted by atomic mass is 35.5. The Morgan fingerprint density at radius 3 is 2.68 bits per heavy atom. The summed E-state index contributed by atoms with van der Waals surface area (Å²) in [5, 5.41) is -0.00683. The van der Waals surface area contributed by atoms with Gasteiger partial charge < -0.3 is 0 Å². The first-order valence-electron chi connectivity index (χ1n) is 5.25. The van der Waals surface area contributed by atoms with E-state index in [1.54, 1.807) is 0 Å². The van der Waals surface area contributed by atoms with Crippen molar-refractivity contribution in [2.24, 2.45) is 0 Å². The Bertz CT molecular complexity index is 646. The molecular weight excluding hydrogens is 294 g/mol. The van der Waals surface area contributed by atoms with E-state index in [0.29, 0.717) is 0 Å². The van der Waals surface area contributed by atoms with E-state index in [1.165, 1.54) is 19.3 Å². The van der Waals surface area contributed by atoms with Crippen molar-refractivity contribution in [2.45, 2.75) is 17.4 Å². The summed E-state index contributed by atoms with van der Waals surface area (Å²) < 4.78 is 26.3. The Kier molecular flexibility index (Phi) is 3.57. The number of likely N-dealkylation sites (tertiary alicyclic amines) is 1. The zero-order valence-electron chi connectivity index (χ0n) is 9.83. The Hall–Kier alpha value is -1.51. The minimum Gasteiger partial charge on any atom is -0.284 e. The molecule has 1 aliphatic rings. The van der Waals surface area contributed by atoms with Crippen molar-refractivity contribution >= 4 is 33.4 Å². The third-order valence-electron chi connectivity index (χ3n) is 2.70. The van der Waals surface area contributed by atoms with Gasteiger partial charge in [-0.3, -0.25) is 19.5 Å². The molecule has 0 radical (unpaired) electrons. The summed E-state index contributed by atoms with van der Waals surface area (Å²) in [4.78, 5) is 27.3. The normalized spacial score (nSPS) is 20.1. The third-order valence-corrected chi connectivity index (χ3v) is 4.64. The van der Waals surface area contributed by atoms with Crippen LogP contribution in [0.5, 0.6) is 0 Å². The molecule has 0 aliphatic carbocycles. The minimum atomic E-state index is -4.00. The molecule has 1 aliphatic heterocycles. The van der Waals surface area contributed by atoms with Crippen LogP contribution in [0.4, 0.5) is 0 Å². The number of halogens is 1. The first kappa shape index (κ1) is 13.9. The molecule has 0 bridgehead atoms. The highest BCUT2D eigenvalue weighted by molar-refractivity contribution is 7.89. The van der Waals surface area contributed by atoms with Crippen LogP contribution in [0.3, 0.4) is 0 Å². The lowest BCUT2D eigenvalue weighted by Gasteiger charge is -2.12. The standard InChI is InChI=1S/C10H10ClN3O4S/c1-14-9(15)4-7(10(14)16)13-19(17,18)8-5-12-3-2-6(8)11/h2-3,5,7,13H,4H2,1H3. The molecule has 1 fully saturated rings. The number of likely N-dealkylation sites (N-methyl/N-ethyl adjacent to an activating group) is 1. The van der Waals surface area contributed by atoms with Crippen LogP contribution in [0.25, 0.3) is 0 Å². The van der Waals surface area contributed by atoms with Gasteiger partial charge >= 0.3 is 0 Å². The maximum absolute atomic E-state index is 12.1. The average Bonchev–Trinajstić information content (AvgIpc) is 2.57. The molecule has 7 nitrogen and oxygen atoms in total. The van der Waals surface area contributed by atoms with Gasteiger partial charge in [-0.1, -0.05) is 11.6 Å². The SMILES string of the molecule is CN1C(=O)CC(NS(=O)(=O)c2cnccc2Cl)C1=O. The van der Waals surface area contributed by atoms with Crippen LogP contribution in [-0.4, -0.2) is 43.2 Å². The smallest absolute Gasteiger partial charge is 0.247 e. The molecule has 0 aromatic carbocycles. The highest BCUT2D eigenvalue weighted by Gasteiger charge is 2.39. The fourth-order valence-corrected chi connectivity index (χ4v) is 3.28. The lowest BCUT2D eigenvalue weighted by Crippen LogP contribution is -2.40. The molecule has 1 atom stereocenters. The van der Waals surface area contributed by atoms with Gasteiger partial charge in [0.15, 0.2) is 0 Å². The van der Waals surface area contributed by atoms with Crippen LogP contribution < -0.4 is 4.72 Å². The van der Waals surface area contributed by atoms with Gasteiger partial charge in [0.25, 0.3) is 0 Å². The Morgan fingerprint density at radius 2 is 2.16 bits per heavy atom. The second-order valence-corrected chi connectivity index (χ2v) is 6.06. The predicted molar refractivity (Wildman–Crippen MR) is 65.8 cm³/mol. The van der Waals surface area contributed by atoms with Crippen molar-refractivity contribution in [3.05, 3.63) is 23.5 Å². The topological polar surface area (TPSA) is 96.4 Å². The summed E-state index contributed by atoms with van der Waals surface area (Å²) >= 11 is 5.77. The van der Waals surface area contributed by atoms with Crippen molar-refractivity contribution in [3.63, 3.8) is 0 Å². The number of amides is 2. The van der Waals surface area contributed by atoms with Crippen LogP contribution >= 0.6 is 11.6 Å². The molecule has 102 valence electrons. The Balaban J connectivity index is 2.27. The van der Waals surface area contributed by atoms with Gasteiger partial charge in [0, 0.05) is 19.4 Å². The van der Waals surface area contributed by atoms with Gasteiger partial charge in [0.1, 0.15) is 10.9 Å². The number of nitrogens with one attached hydrogen (secondary N) is 1. The van der Waals surface area contributed by atoms with E-state index >= 15 is 0 Å². The quantitative estimate of drug-likeness (QED) is 0.778. The monoisotopic (exact) mass is 303 g/mol. The third kappa shape index (κ3) is 2.60. The first-order valence-corrected chi connectivity index (χ1v) is 7.11. The number of hydrogen-bond donors (Lipinski definition) is 1. The highest BCUT2D eigenvalue weighted by Crippen LogP contribution is 2.21. The number of aromatic nitrogens is 1. The first-order chi connectivity index (χ1) is 8.83. The number of pyridine rings is 1. The Morgan fingerprint density at radius 1 is 1.47 bits per heavy atom. The van der Waals surface area contributed by atoms with Crippen LogP contribution in [0, 0.1) is 0 Å². The molecule has 2 amide bonds. The lowest BCUT2D eigenvalue weighted by molar-refractivity contribution is -0.137. The summed E-state index contributed by atoms with van der Waals surface area (Å²) in [5.74, 6) is -1.02. The van der Waals surface area contributed by atoms with Gasteiger partial charge in [-0.15, -0.1) is 0 Å². The molecule has 0 spiro atoms. The number of rotatable bonds is 3. The van der Waals surface area contributed by atoms with Crippen LogP contribution in [0.15, 0.2) is 23.4 Å². The molecule has 1 saturated heterocycles. The van der Waals surface area contributed by atoms with E-state index in [9.17, 15) is 18.0 Å². The van der Waals surface area contributed by atoms with Crippen molar-refractivity contribution in [1.82, 2.24) is 14.6 Å². The number of sulfonamides is 1. The number of nitrogens with zero attached hydrogens (tertiary/aromatic N) is 2.